The van der Waals surface area contributed by atoms with Crippen molar-refractivity contribution in [3.05, 3.63) is 65.5 Å². The first-order valence-electron chi connectivity index (χ1n) is 7.39. The van der Waals surface area contributed by atoms with Crippen LogP contribution in [0.3, 0.4) is 0 Å². The van der Waals surface area contributed by atoms with Crippen molar-refractivity contribution in [3.63, 3.8) is 0 Å². The van der Waals surface area contributed by atoms with Crippen LogP contribution in [0.5, 0.6) is 5.75 Å². The Morgan fingerprint density at radius 1 is 1.24 bits per heavy atom. The van der Waals surface area contributed by atoms with Gasteiger partial charge in [-0.2, -0.15) is 0 Å². The summed E-state index contributed by atoms with van der Waals surface area (Å²) in [6.07, 6.45) is 1.72. The average molecular weight is 285 g/mol. The first-order chi connectivity index (χ1) is 10.1. The van der Waals surface area contributed by atoms with Crippen molar-refractivity contribution >= 4 is 0 Å². The van der Waals surface area contributed by atoms with Gasteiger partial charge in [0.1, 0.15) is 17.7 Å². The molecule has 3 unspecified atom stereocenters. The van der Waals surface area contributed by atoms with Gasteiger partial charge >= 0.3 is 0 Å². The zero-order valence-electron chi connectivity index (χ0n) is 12.1. The van der Waals surface area contributed by atoms with E-state index in [1.165, 1.54) is 6.07 Å². The molecule has 1 aliphatic rings. The molecule has 1 heterocycles. The van der Waals surface area contributed by atoms with E-state index in [2.05, 4.69) is 19.1 Å². The lowest BCUT2D eigenvalue weighted by molar-refractivity contribution is 0.189. The van der Waals surface area contributed by atoms with Crippen molar-refractivity contribution in [2.45, 2.75) is 31.9 Å². The molecular formula is C18H20FNO. The van der Waals surface area contributed by atoms with E-state index in [1.54, 1.807) is 12.1 Å². The molecule has 1 aliphatic heterocycles. The SMILES string of the molecule is CC(CC1Cc2cc(F)ccc2O1)C(N)c1ccccc1. The van der Waals surface area contributed by atoms with E-state index in [4.69, 9.17) is 10.5 Å². The Kier molecular flexibility index (Phi) is 3.93. The fourth-order valence-electron chi connectivity index (χ4n) is 2.99. The van der Waals surface area contributed by atoms with E-state index in [0.717, 1.165) is 29.7 Å². The zero-order valence-corrected chi connectivity index (χ0v) is 12.1. The molecule has 21 heavy (non-hydrogen) atoms. The minimum Gasteiger partial charge on any atom is -0.490 e. The van der Waals surface area contributed by atoms with E-state index in [1.807, 2.05) is 18.2 Å². The van der Waals surface area contributed by atoms with Gasteiger partial charge in [0, 0.05) is 18.0 Å². The van der Waals surface area contributed by atoms with Gasteiger partial charge in [0.05, 0.1) is 0 Å². The maximum Gasteiger partial charge on any atom is 0.123 e. The number of fused-ring (bicyclic) bond motifs is 1. The first kappa shape index (κ1) is 14.1. The molecule has 0 radical (unpaired) electrons. The van der Waals surface area contributed by atoms with Crippen molar-refractivity contribution < 1.29 is 9.13 Å². The van der Waals surface area contributed by atoms with Gasteiger partial charge in [0.25, 0.3) is 0 Å². The van der Waals surface area contributed by atoms with Crippen LogP contribution in [0.15, 0.2) is 48.5 Å². The number of ether oxygens (including phenoxy) is 1. The summed E-state index contributed by atoms with van der Waals surface area (Å²) in [5, 5.41) is 0. The summed E-state index contributed by atoms with van der Waals surface area (Å²) in [5.41, 5.74) is 8.43. The van der Waals surface area contributed by atoms with Crippen LogP contribution in [0.2, 0.25) is 0 Å². The maximum atomic E-state index is 13.2. The van der Waals surface area contributed by atoms with Crippen LogP contribution in [0.4, 0.5) is 4.39 Å². The molecule has 0 fully saturated rings. The number of nitrogens with two attached hydrogens (primary N) is 1. The van der Waals surface area contributed by atoms with E-state index in [9.17, 15) is 4.39 Å². The highest BCUT2D eigenvalue weighted by Crippen LogP contribution is 2.33. The highest BCUT2D eigenvalue weighted by molar-refractivity contribution is 5.37. The van der Waals surface area contributed by atoms with Crippen LogP contribution in [-0.4, -0.2) is 6.10 Å². The molecule has 2 aromatic carbocycles. The number of rotatable bonds is 4. The number of hydrogen-bond donors (Lipinski definition) is 1. The van der Waals surface area contributed by atoms with Gasteiger partial charge in [0.2, 0.25) is 0 Å². The van der Waals surface area contributed by atoms with Gasteiger partial charge in [-0.15, -0.1) is 0 Å². The third-order valence-corrected chi connectivity index (χ3v) is 4.20. The number of halogens is 1. The summed E-state index contributed by atoms with van der Waals surface area (Å²) in [7, 11) is 0. The van der Waals surface area contributed by atoms with Gasteiger partial charge in [0.15, 0.2) is 0 Å². The Morgan fingerprint density at radius 2 is 2.00 bits per heavy atom. The summed E-state index contributed by atoms with van der Waals surface area (Å²) >= 11 is 0. The first-order valence-corrected chi connectivity index (χ1v) is 7.39. The minimum absolute atomic E-state index is 0.00440. The Morgan fingerprint density at radius 3 is 2.76 bits per heavy atom. The fraction of sp³-hybridized carbons (Fsp3) is 0.333. The van der Waals surface area contributed by atoms with E-state index in [-0.39, 0.29) is 18.0 Å². The Balaban J connectivity index is 1.63. The lowest BCUT2D eigenvalue weighted by Gasteiger charge is -2.23. The lowest BCUT2D eigenvalue weighted by atomic mass is 9.89. The summed E-state index contributed by atoms with van der Waals surface area (Å²) in [6.45, 7) is 2.14. The molecule has 0 bridgehead atoms. The van der Waals surface area contributed by atoms with Crippen LogP contribution in [0, 0.1) is 11.7 Å². The average Bonchev–Trinajstić information content (AvgIpc) is 2.88. The fourth-order valence-corrected chi connectivity index (χ4v) is 2.99. The molecule has 110 valence electrons. The largest absolute Gasteiger partial charge is 0.490 e. The van der Waals surface area contributed by atoms with Gasteiger partial charge in [-0.25, -0.2) is 4.39 Å². The number of benzene rings is 2. The molecule has 2 nitrogen and oxygen atoms in total. The topological polar surface area (TPSA) is 35.2 Å². The predicted octanol–water partition coefficient (Wildman–Crippen LogP) is 3.86. The predicted molar refractivity (Wildman–Crippen MR) is 81.7 cm³/mol. The molecule has 2 aromatic rings. The number of hydrogen-bond acceptors (Lipinski definition) is 2. The van der Waals surface area contributed by atoms with Crippen molar-refractivity contribution in [2.75, 3.05) is 0 Å². The van der Waals surface area contributed by atoms with Gasteiger partial charge in [-0.1, -0.05) is 37.3 Å². The second kappa shape index (κ2) is 5.86. The van der Waals surface area contributed by atoms with Gasteiger partial charge in [-0.05, 0) is 36.1 Å². The summed E-state index contributed by atoms with van der Waals surface area (Å²) in [6, 6.07) is 14.8. The third kappa shape index (κ3) is 3.08. The van der Waals surface area contributed by atoms with E-state index >= 15 is 0 Å². The summed E-state index contributed by atoms with van der Waals surface area (Å²) in [4.78, 5) is 0. The van der Waals surface area contributed by atoms with Crippen molar-refractivity contribution in [2.24, 2.45) is 11.7 Å². The van der Waals surface area contributed by atoms with Gasteiger partial charge < -0.3 is 10.5 Å². The molecule has 0 saturated carbocycles. The second-order valence-corrected chi connectivity index (χ2v) is 5.85. The molecule has 3 heteroatoms. The smallest absolute Gasteiger partial charge is 0.123 e. The summed E-state index contributed by atoms with van der Waals surface area (Å²) < 4.78 is 19.1. The molecule has 2 N–H and O–H groups in total. The molecule has 0 saturated heterocycles. The van der Waals surface area contributed by atoms with Crippen LogP contribution in [-0.2, 0) is 6.42 Å². The standard InChI is InChI=1S/C18H20FNO/c1-12(18(20)13-5-3-2-4-6-13)9-16-11-14-10-15(19)7-8-17(14)21-16/h2-8,10,12,16,18H,9,11,20H2,1H3. The quantitative estimate of drug-likeness (QED) is 0.926. The van der Waals surface area contributed by atoms with Crippen LogP contribution in [0.1, 0.15) is 30.5 Å². The van der Waals surface area contributed by atoms with Crippen molar-refractivity contribution in [1.82, 2.24) is 0 Å². The molecular weight excluding hydrogens is 265 g/mol. The summed E-state index contributed by atoms with van der Waals surface area (Å²) in [5.74, 6) is 0.908. The molecule has 0 aromatic heterocycles. The van der Waals surface area contributed by atoms with E-state index in [0.29, 0.717) is 5.92 Å². The zero-order chi connectivity index (χ0) is 14.8. The van der Waals surface area contributed by atoms with E-state index < -0.39 is 0 Å². The molecule has 0 aliphatic carbocycles. The Bertz CT molecular complexity index is 614. The highest BCUT2D eigenvalue weighted by atomic mass is 19.1. The van der Waals surface area contributed by atoms with Crippen molar-refractivity contribution in [1.29, 1.82) is 0 Å². The normalized spacial score (nSPS) is 19.7. The highest BCUT2D eigenvalue weighted by Gasteiger charge is 2.27. The second-order valence-electron chi connectivity index (χ2n) is 5.85. The molecule has 0 amide bonds. The van der Waals surface area contributed by atoms with Crippen LogP contribution >= 0.6 is 0 Å². The molecule has 0 spiro atoms. The van der Waals surface area contributed by atoms with Crippen LogP contribution < -0.4 is 10.5 Å². The Labute approximate surface area is 124 Å². The van der Waals surface area contributed by atoms with Gasteiger partial charge in [-0.3, -0.25) is 0 Å². The van der Waals surface area contributed by atoms with Crippen LogP contribution in [0.25, 0.3) is 0 Å². The maximum absolute atomic E-state index is 13.2. The minimum atomic E-state index is -0.202. The molecule has 3 atom stereocenters. The lowest BCUT2D eigenvalue weighted by Crippen LogP contribution is -2.25. The Hall–Kier alpha value is -1.87. The van der Waals surface area contributed by atoms with Crippen molar-refractivity contribution in [3.8, 4) is 5.75 Å². The third-order valence-electron chi connectivity index (χ3n) is 4.20. The molecule has 3 rings (SSSR count). The monoisotopic (exact) mass is 285 g/mol.